The van der Waals surface area contributed by atoms with E-state index in [1.54, 1.807) is 43.6 Å². The molecule has 1 N–H and O–H groups in total. The molecule has 35 heavy (non-hydrogen) atoms. The van der Waals surface area contributed by atoms with Crippen LogP contribution in [0.25, 0.3) is 22.6 Å². The van der Waals surface area contributed by atoms with Crippen LogP contribution in [-0.2, 0) is 9.84 Å². The van der Waals surface area contributed by atoms with E-state index < -0.39 is 9.84 Å². The molecule has 0 bridgehead atoms. The van der Waals surface area contributed by atoms with Crippen molar-refractivity contribution in [3.63, 3.8) is 0 Å². The Morgan fingerprint density at radius 2 is 1.74 bits per heavy atom. The SMILES string of the molecule is CCS(=O)(=O)c1ccc(Oc2cc3[nH]c(-c4ccccn4)nc3cc2Oc2cccnc2Cl)cn1. The largest absolute Gasteiger partial charge is 0.452 e. The Labute approximate surface area is 205 Å². The summed E-state index contributed by atoms with van der Waals surface area (Å²) in [6.45, 7) is 1.56. The molecule has 0 aliphatic heterocycles. The number of aromatic nitrogens is 5. The number of halogens is 1. The summed E-state index contributed by atoms with van der Waals surface area (Å²) in [5, 5.41) is 0.167. The number of fused-ring (bicyclic) bond motifs is 1. The van der Waals surface area contributed by atoms with Gasteiger partial charge < -0.3 is 14.5 Å². The van der Waals surface area contributed by atoms with Crippen molar-refractivity contribution in [1.82, 2.24) is 24.9 Å². The van der Waals surface area contributed by atoms with Gasteiger partial charge in [-0.3, -0.25) is 4.98 Å². The number of nitrogens with zero attached hydrogens (tertiary/aromatic N) is 4. The lowest BCUT2D eigenvalue weighted by molar-refractivity contribution is 0.417. The highest BCUT2D eigenvalue weighted by Gasteiger charge is 2.17. The van der Waals surface area contributed by atoms with Crippen LogP contribution < -0.4 is 9.47 Å². The molecule has 9 nitrogen and oxygen atoms in total. The topological polar surface area (TPSA) is 120 Å². The first-order valence-corrected chi connectivity index (χ1v) is 12.6. The van der Waals surface area contributed by atoms with Gasteiger partial charge in [0.15, 0.2) is 43.1 Å². The van der Waals surface area contributed by atoms with Crippen LogP contribution in [0.4, 0.5) is 0 Å². The third-order valence-corrected chi connectivity index (χ3v) is 6.96. The minimum Gasteiger partial charge on any atom is -0.452 e. The fourth-order valence-electron chi connectivity index (χ4n) is 3.25. The molecule has 176 valence electrons. The fraction of sp³-hybridized carbons (Fsp3) is 0.0833. The van der Waals surface area contributed by atoms with Crippen LogP contribution in [0.3, 0.4) is 0 Å². The lowest BCUT2D eigenvalue weighted by Crippen LogP contribution is -2.05. The highest BCUT2D eigenvalue weighted by Crippen LogP contribution is 2.39. The van der Waals surface area contributed by atoms with Gasteiger partial charge in [-0.05, 0) is 36.4 Å². The molecule has 5 aromatic rings. The Kier molecular flexibility index (Phi) is 6.06. The second kappa shape index (κ2) is 9.32. The van der Waals surface area contributed by atoms with Crippen molar-refractivity contribution in [3.8, 4) is 34.5 Å². The van der Waals surface area contributed by atoms with Crippen molar-refractivity contribution in [2.24, 2.45) is 0 Å². The Balaban J connectivity index is 1.56. The average Bonchev–Trinajstić information content (AvgIpc) is 3.29. The van der Waals surface area contributed by atoms with E-state index in [1.807, 2.05) is 18.2 Å². The first-order valence-electron chi connectivity index (χ1n) is 10.5. The van der Waals surface area contributed by atoms with Gasteiger partial charge in [-0.2, -0.15) is 0 Å². The quantitative estimate of drug-likeness (QED) is 0.289. The van der Waals surface area contributed by atoms with Crippen LogP contribution in [0, 0.1) is 0 Å². The first kappa shape index (κ1) is 22.8. The van der Waals surface area contributed by atoms with Crippen LogP contribution in [0.1, 0.15) is 6.92 Å². The maximum atomic E-state index is 12.1. The normalized spacial score (nSPS) is 11.5. The van der Waals surface area contributed by atoms with Gasteiger partial charge in [0.1, 0.15) is 11.4 Å². The second-order valence-corrected chi connectivity index (χ2v) is 9.93. The van der Waals surface area contributed by atoms with Gasteiger partial charge in [0.25, 0.3) is 0 Å². The number of imidazole rings is 1. The average molecular weight is 508 g/mol. The third kappa shape index (κ3) is 4.79. The van der Waals surface area contributed by atoms with Gasteiger partial charge in [-0.1, -0.05) is 24.6 Å². The van der Waals surface area contributed by atoms with E-state index in [0.717, 1.165) is 0 Å². The van der Waals surface area contributed by atoms with Crippen molar-refractivity contribution in [2.75, 3.05) is 5.75 Å². The molecule has 0 fully saturated rings. The summed E-state index contributed by atoms with van der Waals surface area (Å²) in [5.41, 5.74) is 1.99. The van der Waals surface area contributed by atoms with Crippen molar-refractivity contribution in [2.45, 2.75) is 11.9 Å². The number of hydrogen-bond acceptors (Lipinski definition) is 8. The van der Waals surface area contributed by atoms with Crippen molar-refractivity contribution >= 4 is 32.5 Å². The Bertz CT molecular complexity index is 1610. The molecule has 11 heteroatoms. The van der Waals surface area contributed by atoms with E-state index in [2.05, 4.69) is 24.9 Å². The number of rotatable bonds is 7. The highest BCUT2D eigenvalue weighted by molar-refractivity contribution is 7.91. The van der Waals surface area contributed by atoms with E-state index in [1.165, 1.54) is 18.3 Å². The minimum absolute atomic E-state index is 0.0185. The molecule has 4 aromatic heterocycles. The molecule has 0 aliphatic carbocycles. The van der Waals surface area contributed by atoms with E-state index >= 15 is 0 Å². The highest BCUT2D eigenvalue weighted by atomic mass is 35.5. The summed E-state index contributed by atoms with van der Waals surface area (Å²) in [6.07, 6.45) is 4.59. The zero-order valence-electron chi connectivity index (χ0n) is 18.3. The molecule has 0 spiro atoms. The molecule has 0 saturated heterocycles. The third-order valence-electron chi connectivity index (χ3n) is 5.04. The minimum atomic E-state index is -3.43. The molecule has 0 radical (unpaired) electrons. The predicted molar refractivity (Wildman–Crippen MR) is 131 cm³/mol. The van der Waals surface area contributed by atoms with Gasteiger partial charge in [-0.15, -0.1) is 0 Å². The number of sulfone groups is 1. The van der Waals surface area contributed by atoms with Gasteiger partial charge in [0.2, 0.25) is 0 Å². The lowest BCUT2D eigenvalue weighted by atomic mass is 10.2. The van der Waals surface area contributed by atoms with E-state index in [9.17, 15) is 8.42 Å². The number of nitrogens with one attached hydrogen (secondary N) is 1. The molecule has 5 rings (SSSR count). The Morgan fingerprint density at radius 3 is 2.46 bits per heavy atom. The van der Waals surface area contributed by atoms with Crippen LogP contribution in [0.15, 0.2) is 78.2 Å². The molecule has 0 aliphatic rings. The number of benzene rings is 1. The monoisotopic (exact) mass is 507 g/mol. The van der Waals surface area contributed by atoms with Crippen molar-refractivity contribution < 1.29 is 17.9 Å². The summed E-state index contributed by atoms with van der Waals surface area (Å²) in [5.74, 6) is 1.86. The number of pyridine rings is 3. The van der Waals surface area contributed by atoms with E-state index in [0.29, 0.717) is 45.5 Å². The maximum absolute atomic E-state index is 12.1. The van der Waals surface area contributed by atoms with Crippen LogP contribution in [-0.4, -0.2) is 39.1 Å². The van der Waals surface area contributed by atoms with Crippen LogP contribution >= 0.6 is 11.6 Å². The molecule has 0 amide bonds. The number of H-pyrrole nitrogens is 1. The van der Waals surface area contributed by atoms with Crippen LogP contribution in [0.5, 0.6) is 23.0 Å². The molecule has 4 heterocycles. The Hall–Kier alpha value is -4.02. The number of ether oxygens (including phenoxy) is 2. The molecule has 0 unspecified atom stereocenters. The molecule has 0 saturated carbocycles. The Morgan fingerprint density at radius 1 is 0.914 bits per heavy atom. The summed E-state index contributed by atoms with van der Waals surface area (Å²) < 4.78 is 36.2. The number of aromatic amines is 1. The summed E-state index contributed by atoms with van der Waals surface area (Å²) in [6, 6.07) is 15.3. The van der Waals surface area contributed by atoms with Gasteiger partial charge in [0, 0.05) is 24.5 Å². The summed E-state index contributed by atoms with van der Waals surface area (Å²) >= 11 is 6.19. The zero-order valence-corrected chi connectivity index (χ0v) is 19.9. The molecule has 0 atom stereocenters. The van der Waals surface area contributed by atoms with Crippen molar-refractivity contribution in [1.29, 1.82) is 0 Å². The lowest BCUT2D eigenvalue weighted by Gasteiger charge is -2.13. The molecule has 1 aromatic carbocycles. The molecular formula is C24H18ClN5O4S. The maximum Gasteiger partial charge on any atom is 0.195 e. The smallest absolute Gasteiger partial charge is 0.195 e. The van der Waals surface area contributed by atoms with Gasteiger partial charge in [0.05, 0.1) is 23.0 Å². The summed E-state index contributed by atoms with van der Waals surface area (Å²) in [7, 11) is -3.43. The second-order valence-electron chi connectivity index (χ2n) is 7.35. The predicted octanol–water partition coefficient (Wildman–Crippen LogP) is 5.45. The fourth-order valence-corrected chi connectivity index (χ4v) is 4.20. The first-order chi connectivity index (χ1) is 16.9. The standard InChI is InChI=1S/C24H18ClN5O4S/c1-2-35(31,32)22-9-8-15(14-28-22)33-20-12-17-18(30-24(29-17)16-6-3-4-10-26-16)13-21(20)34-19-7-5-11-27-23(19)25/h3-14H,2H2,1H3,(H,29,30). The zero-order chi connectivity index (χ0) is 24.4. The molecular weight excluding hydrogens is 490 g/mol. The van der Waals surface area contributed by atoms with E-state index in [4.69, 9.17) is 21.1 Å². The van der Waals surface area contributed by atoms with E-state index in [-0.39, 0.29) is 15.9 Å². The summed E-state index contributed by atoms with van der Waals surface area (Å²) in [4.78, 5) is 20.3. The van der Waals surface area contributed by atoms with Gasteiger partial charge in [-0.25, -0.2) is 23.4 Å². The number of hydrogen-bond donors (Lipinski definition) is 1. The van der Waals surface area contributed by atoms with Gasteiger partial charge >= 0.3 is 0 Å². The van der Waals surface area contributed by atoms with Crippen LogP contribution in [0.2, 0.25) is 5.15 Å². The van der Waals surface area contributed by atoms with Crippen molar-refractivity contribution in [3.05, 3.63) is 78.3 Å².